The molecule has 6 nitrogen and oxygen atoms in total. The van der Waals surface area contributed by atoms with Gasteiger partial charge in [-0.2, -0.15) is 4.39 Å². The fraction of sp³-hybridized carbons (Fsp3) is 0.417. The first kappa shape index (κ1) is 16.0. The van der Waals surface area contributed by atoms with E-state index >= 15 is 0 Å². The number of rotatable bonds is 6. The first-order valence-corrected chi connectivity index (χ1v) is 5.95. The zero-order valence-electron chi connectivity index (χ0n) is 10.7. The number of hydrogen-bond acceptors (Lipinski definition) is 4. The molecule has 0 heterocycles. The van der Waals surface area contributed by atoms with Crippen molar-refractivity contribution < 1.29 is 23.6 Å². The number of nitrogens with one attached hydrogen (secondary N) is 1. The van der Waals surface area contributed by atoms with Gasteiger partial charge in [0.2, 0.25) is 5.82 Å². The molecule has 2 N–H and O–H groups in total. The third-order valence-corrected chi connectivity index (χ3v) is 2.77. The summed E-state index contributed by atoms with van der Waals surface area (Å²) in [5, 5.41) is 21.7. The van der Waals surface area contributed by atoms with Crippen molar-refractivity contribution >= 4 is 11.6 Å². The Labute approximate surface area is 113 Å². The Balaban J connectivity index is 3.06. The third kappa shape index (κ3) is 3.70. The lowest BCUT2D eigenvalue weighted by molar-refractivity contribution is -0.387. The highest BCUT2D eigenvalue weighted by molar-refractivity contribution is 5.95. The standard InChI is InChI=1S/C12H14F2N2O4/c1-2-8(3-4-17)15-12(18)9-5-7(13)6-10(11(9)14)16(19)20/h5-6,8,17H,2-4H2,1H3,(H,15,18). The molecule has 0 fully saturated rings. The van der Waals surface area contributed by atoms with Crippen LogP contribution in [0.2, 0.25) is 0 Å². The Bertz CT molecular complexity index is 522. The summed E-state index contributed by atoms with van der Waals surface area (Å²) in [6.45, 7) is 1.57. The van der Waals surface area contributed by atoms with E-state index in [9.17, 15) is 23.7 Å². The highest BCUT2D eigenvalue weighted by Gasteiger charge is 2.25. The van der Waals surface area contributed by atoms with Crippen LogP contribution in [-0.2, 0) is 0 Å². The molecule has 0 saturated heterocycles. The van der Waals surface area contributed by atoms with Gasteiger partial charge in [-0.05, 0) is 18.9 Å². The molecule has 0 bridgehead atoms. The lowest BCUT2D eigenvalue weighted by atomic mass is 10.1. The predicted molar refractivity (Wildman–Crippen MR) is 66.3 cm³/mol. The summed E-state index contributed by atoms with van der Waals surface area (Å²) in [5.74, 6) is -3.41. The average molecular weight is 288 g/mol. The summed E-state index contributed by atoms with van der Waals surface area (Å²) < 4.78 is 27.0. The number of aliphatic hydroxyl groups is 1. The van der Waals surface area contributed by atoms with Gasteiger partial charge in [-0.3, -0.25) is 14.9 Å². The van der Waals surface area contributed by atoms with Gasteiger partial charge in [-0.1, -0.05) is 6.92 Å². The summed E-state index contributed by atoms with van der Waals surface area (Å²) in [6, 6.07) is 0.592. The van der Waals surface area contributed by atoms with Crippen molar-refractivity contribution in [3.63, 3.8) is 0 Å². The number of hydrogen-bond donors (Lipinski definition) is 2. The van der Waals surface area contributed by atoms with Gasteiger partial charge in [-0.15, -0.1) is 0 Å². The molecule has 1 aromatic carbocycles. The fourth-order valence-electron chi connectivity index (χ4n) is 1.67. The second kappa shape index (κ2) is 6.90. The number of carbonyl (C=O) groups is 1. The van der Waals surface area contributed by atoms with Crippen LogP contribution >= 0.6 is 0 Å². The molecule has 0 radical (unpaired) electrons. The maximum atomic E-state index is 13.8. The van der Waals surface area contributed by atoms with Gasteiger partial charge in [0.25, 0.3) is 5.91 Å². The second-order valence-electron chi connectivity index (χ2n) is 4.13. The first-order chi connectivity index (χ1) is 9.40. The number of benzene rings is 1. The van der Waals surface area contributed by atoms with Gasteiger partial charge < -0.3 is 10.4 Å². The number of nitrogens with zero attached hydrogens (tertiary/aromatic N) is 1. The molecule has 8 heteroatoms. The van der Waals surface area contributed by atoms with Crippen LogP contribution in [-0.4, -0.2) is 28.6 Å². The Hall–Kier alpha value is -2.09. The van der Waals surface area contributed by atoms with E-state index in [0.717, 1.165) is 0 Å². The predicted octanol–water partition coefficient (Wildman–Crippen LogP) is 1.76. The third-order valence-electron chi connectivity index (χ3n) is 2.77. The van der Waals surface area contributed by atoms with Gasteiger partial charge in [0.15, 0.2) is 0 Å². The van der Waals surface area contributed by atoms with Crippen molar-refractivity contribution in [2.45, 2.75) is 25.8 Å². The molecule has 0 saturated carbocycles. The summed E-state index contributed by atoms with van der Waals surface area (Å²) in [4.78, 5) is 21.3. The molecule has 0 aliphatic rings. The number of halogens is 2. The topological polar surface area (TPSA) is 92.5 Å². The molecule has 1 atom stereocenters. The normalized spacial score (nSPS) is 12.0. The SMILES string of the molecule is CCC(CCO)NC(=O)c1cc(F)cc([N+](=O)[O-])c1F. The van der Waals surface area contributed by atoms with E-state index in [-0.39, 0.29) is 13.0 Å². The van der Waals surface area contributed by atoms with Crippen LogP contribution in [0.3, 0.4) is 0 Å². The molecular formula is C12H14F2N2O4. The van der Waals surface area contributed by atoms with Crippen molar-refractivity contribution in [3.05, 3.63) is 39.4 Å². The van der Waals surface area contributed by atoms with Crippen LogP contribution in [0.1, 0.15) is 30.1 Å². The molecule has 20 heavy (non-hydrogen) atoms. The maximum absolute atomic E-state index is 13.8. The van der Waals surface area contributed by atoms with Crippen LogP contribution in [0.4, 0.5) is 14.5 Å². The van der Waals surface area contributed by atoms with E-state index in [1.807, 2.05) is 0 Å². The molecule has 0 spiro atoms. The number of amides is 1. The van der Waals surface area contributed by atoms with Gasteiger partial charge in [0.05, 0.1) is 16.6 Å². The van der Waals surface area contributed by atoms with E-state index in [2.05, 4.69) is 5.32 Å². The Morgan fingerprint density at radius 1 is 1.50 bits per heavy atom. The van der Waals surface area contributed by atoms with Crippen molar-refractivity contribution in [1.29, 1.82) is 0 Å². The Morgan fingerprint density at radius 3 is 2.65 bits per heavy atom. The van der Waals surface area contributed by atoms with E-state index < -0.39 is 39.8 Å². The minimum Gasteiger partial charge on any atom is -0.396 e. The summed E-state index contributed by atoms with van der Waals surface area (Å²) in [5.41, 5.74) is -1.82. The summed E-state index contributed by atoms with van der Waals surface area (Å²) in [6.07, 6.45) is 0.729. The van der Waals surface area contributed by atoms with E-state index in [0.29, 0.717) is 18.6 Å². The molecule has 1 amide bonds. The van der Waals surface area contributed by atoms with Crippen LogP contribution < -0.4 is 5.32 Å². The van der Waals surface area contributed by atoms with Gasteiger partial charge in [-0.25, -0.2) is 4.39 Å². The number of carbonyl (C=O) groups excluding carboxylic acids is 1. The average Bonchev–Trinajstić information content (AvgIpc) is 2.39. The lowest BCUT2D eigenvalue weighted by Crippen LogP contribution is -2.35. The van der Waals surface area contributed by atoms with Gasteiger partial charge in [0, 0.05) is 12.6 Å². The number of aliphatic hydroxyl groups excluding tert-OH is 1. The van der Waals surface area contributed by atoms with E-state index in [4.69, 9.17) is 5.11 Å². The molecule has 0 aliphatic heterocycles. The molecule has 1 rings (SSSR count). The van der Waals surface area contributed by atoms with E-state index in [1.54, 1.807) is 6.92 Å². The van der Waals surface area contributed by atoms with Crippen molar-refractivity contribution in [2.75, 3.05) is 6.61 Å². The zero-order valence-corrected chi connectivity index (χ0v) is 10.7. The van der Waals surface area contributed by atoms with Gasteiger partial charge >= 0.3 is 5.69 Å². The summed E-state index contributed by atoms with van der Waals surface area (Å²) >= 11 is 0. The molecular weight excluding hydrogens is 274 g/mol. The highest BCUT2D eigenvalue weighted by atomic mass is 19.1. The van der Waals surface area contributed by atoms with Crippen LogP contribution in [0.5, 0.6) is 0 Å². The second-order valence-corrected chi connectivity index (χ2v) is 4.13. The molecule has 1 unspecified atom stereocenters. The van der Waals surface area contributed by atoms with Crippen LogP contribution in [0.15, 0.2) is 12.1 Å². The van der Waals surface area contributed by atoms with Crippen LogP contribution in [0, 0.1) is 21.7 Å². The van der Waals surface area contributed by atoms with Crippen LogP contribution in [0.25, 0.3) is 0 Å². The molecule has 0 aliphatic carbocycles. The minimum atomic E-state index is -1.38. The fourth-order valence-corrected chi connectivity index (χ4v) is 1.67. The smallest absolute Gasteiger partial charge is 0.308 e. The quantitative estimate of drug-likeness (QED) is 0.616. The maximum Gasteiger partial charge on any atom is 0.308 e. The van der Waals surface area contributed by atoms with Crippen molar-refractivity contribution in [1.82, 2.24) is 5.32 Å². The number of nitro groups is 1. The minimum absolute atomic E-state index is 0.176. The summed E-state index contributed by atoms with van der Waals surface area (Å²) in [7, 11) is 0. The lowest BCUT2D eigenvalue weighted by Gasteiger charge is -2.15. The first-order valence-electron chi connectivity index (χ1n) is 5.95. The molecule has 0 aromatic heterocycles. The van der Waals surface area contributed by atoms with Crippen molar-refractivity contribution in [2.24, 2.45) is 0 Å². The largest absolute Gasteiger partial charge is 0.396 e. The van der Waals surface area contributed by atoms with Crippen molar-refractivity contribution in [3.8, 4) is 0 Å². The monoisotopic (exact) mass is 288 g/mol. The molecule has 110 valence electrons. The highest BCUT2D eigenvalue weighted by Crippen LogP contribution is 2.22. The number of nitro benzene ring substituents is 1. The Morgan fingerprint density at radius 2 is 2.15 bits per heavy atom. The zero-order chi connectivity index (χ0) is 15.3. The molecule has 1 aromatic rings. The Kier molecular flexibility index (Phi) is 5.51. The van der Waals surface area contributed by atoms with Gasteiger partial charge in [0.1, 0.15) is 5.82 Å². The van der Waals surface area contributed by atoms with E-state index in [1.165, 1.54) is 0 Å².